The molecule has 0 spiro atoms. The lowest BCUT2D eigenvalue weighted by molar-refractivity contribution is 0.0942. The van der Waals surface area contributed by atoms with E-state index in [2.05, 4.69) is 30.8 Å². The lowest BCUT2D eigenvalue weighted by atomic mass is 9.87. The number of benzene rings is 3. The van der Waals surface area contributed by atoms with E-state index >= 15 is 0 Å². The summed E-state index contributed by atoms with van der Waals surface area (Å²) in [6, 6.07) is 22.5. The van der Waals surface area contributed by atoms with Crippen molar-refractivity contribution < 1.29 is 13.2 Å². The third-order valence-corrected chi connectivity index (χ3v) is 9.50. The molecule has 1 amide bonds. The minimum absolute atomic E-state index is 0.0602. The summed E-state index contributed by atoms with van der Waals surface area (Å²) < 4.78 is 30.1. The first-order valence-electron chi connectivity index (χ1n) is 12.7. The van der Waals surface area contributed by atoms with Gasteiger partial charge >= 0.3 is 0 Å². The second-order valence-electron chi connectivity index (χ2n) is 10.7. The summed E-state index contributed by atoms with van der Waals surface area (Å²) in [5.74, 6) is -0.0620. The standard InChI is InChI=1S/C30H32N2O3S2/c1-30(2,3)21-13-16-24(17-14-21)37(34,35)32-23-15-18-26-25(19-23)27(20-9-5-4-6-10-20)28(36-26)29(33)31-22-11-7-8-12-22/h4-6,9-10,13-19,22,32H,7-8,11-12H2,1-3H3,(H,31,33). The van der Waals surface area contributed by atoms with Crippen LogP contribution in [0.15, 0.2) is 77.7 Å². The summed E-state index contributed by atoms with van der Waals surface area (Å²) in [5.41, 5.74) is 3.25. The van der Waals surface area contributed by atoms with Crippen molar-refractivity contribution in [3.63, 3.8) is 0 Å². The largest absolute Gasteiger partial charge is 0.349 e. The van der Waals surface area contributed by atoms with Crippen molar-refractivity contribution in [1.82, 2.24) is 5.32 Å². The molecule has 192 valence electrons. The van der Waals surface area contributed by atoms with E-state index < -0.39 is 10.0 Å². The van der Waals surface area contributed by atoms with E-state index in [0.29, 0.717) is 10.6 Å². The number of rotatable bonds is 6. The zero-order chi connectivity index (χ0) is 26.2. The monoisotopic (exact) mass is 532 g/mol. The Hall–Kier alpha value is -3.16. The van der Waals surface area contributed by atoms with Gasteiger partial charge in [-0.05, 0) is 59.7 Å². The highest BCUT2D eigenvalue weighted by Crippen LogP contribution is 2.40. The number of nitrogens with one attached hydrogen (secondary N) is 2. The van der Waals surface area contributed by atoms with Gasteiger partial charge in [-0.15, -0.1) is 11.3 Å². The summed E-state index contributed by atoms with van der Waals surface area (Å²) in [4.78, 5) is 14.2. The Balaban J connectivity index is 1.51. The number of hydrogen-bond donors (Lipinski definition) is 2. The molecule has 0 aliphatic heterocycles. The molecular weight excluding hydrogens is 500 g/mol. The van der Waals surface area contributed by atoms with Crippen LogP contribution in [0.4, 0.5) is 5.69 Å². The van der Waals surface area contributed by atoms with Crippen LogP contribution >= 0.6 is 11.3 Å². The molecule has 7 heteroatoms. The van der Waals surface area contributed by atoms with Crippen molar-refractivity contribution in [2.75, 3.05) is 4.72 Å². The molecule has 0 unspecified atom stereocenters. The fourth-order valence-corrected chi connectivity index (χ4v) is 7.04. The number of fused-ring (bicyclic) bond motifs is 1. The molecule has 0 bridgehead atoms. The smallest absolute Gasteiger partial charge is 0.262 e. The molecule has 4 aromatic rings. The number of thiophene rings is 1. The topological polar surface area (TPSA) is 75.3 Å². The van der Waals surface area contributed by atoms with E-state index in [-0.39, 0.29) is 22.3 Å². The molecule has 0 saturated heterocycles. The van der Waals surface area contributed by atoms with Gasteiger partial charge in [-0.2, -0.15) is 0 Å². The third-order valence-electron chi connectivity index (χ3n) is 6.93. The lowest BCUT2D eigenvalue weighted by Crippen LogP contribution is -2.32. The van der Waals surface area contributed by atoms with E-state index in [9.17, 15) is 13.2 Å². The van der Waals surface area contributed by atoms with E-state index in [4.69, 9.17) is 0 Å². The van der Waals surface area contributed by atoms with Gasteiger partial charge in [-0.1, -0.05) is 76.1 Å². The zero-order valence-electron chi connectivity index (χ0n) is 21.4. The second-order valence-corrected chi connectivity index (χ2v) is 13.5. The maximum absolute atomic E-state index is 13.3. The van der Waals surface area contributed by atoms with Crippen LogP contribution in [-0.4, -0.2) is 20.4 Å². The first kappa shape index (κ1) is 25.5. The molecular formula is C30H32N2O3S2. The first-order chi connectivity index (χ1) is 17.6. The van der Waals surface area contributed by atoms with Crippen LogP contribution in [0.2, 0.25) is 0 Å². The summed E-state index contributed by atoms with van der Waals surface area (Å²) in [5, 5.41) is 4.07. The van der Waals surface area contributed by atoms with Crippen molar-refractivity contribution in [3.8, 4) is 11.1 Å². The predicted molar refractivity (Wildman–Crippen MR) is 153 cm³/mol. The molecule has 37 heavy (non-hydrogen) atoms. The van der Waals surface area contributed by atoms with Gasteiger partial charge in [0.25, 0.3) is 15.9 Å². The van der Waals surface area contributed by atoms with Gasteiger partial charge < -0.3 is 5.32 Å². The van der Waals surface area contributed by atoms with E-state index in [1.807, 2.05) is 54.6 Å². The average Bonchev–Trinajstić information content (AvgIpc) is 3.51. The molecule has 3 aromatic carbocycles. The average molecular weight is 533 g/mol. The van der Waals surface area contributed by atoms with Gasteiger partial charge in [0.2, 0.25) is 0 Å². The fraction of sp³-hybridized carbons (Fsp3) is 0.300. The maximum atomic E-state index is 13.3. The van der Waals surface area contributed by atoms with Crippen LogP contribution in [0.3, 0.4) is 0 Å². The first-order valence-corrected chi connectivity index (χ1v) is 15.0. The molecule has 1 fully saturated rings. The molecule has 1 aromatic heterocycles. The van der Waals surface area contributed by atoms with Gasteiger partial charge in [-0.25, -0.2) is 8.42 Å². The number of carbonyl (C=O) groups is 1. The molecule has 1 aliphatic rings. The summed E-state index contributed by atoms with van der Waals surface area (Å²) in [7, 11) is -3.77. The summed E-state index contributed by atoms with van der Waals surface area (Å²) in [6.45, 7) is 6.28. The summed E-state index contributed by atoms with van der Waals surface area (Å²) >= 11 is 1.45. The zero-order valence-corrected chi connectivity index (χ0v) is 23.0. The Morgan fingerprint density at radius 2 is 1.59 bits per heavy atom. The Morgan fingerprint density at radius 3 is 2.24 bits per heavy atom. The van der Waals surface area contributed by atoms with Crippen LogP contribution in [-0.2, 0) is 15.4 Å². The van der Waals surface area contributed by atoms with Crippen LogP contribution in [0.1, 0.15) is 61.7 Å². The Morgan fingerprint density at radius 1 is 0.919 bits per heavy atom. The Bertz CT molecular complexity index is 1530. The fourth-order valence-electron chi connectivity index (χ4n) is 4.88. The number of anilines is 1. The van der Waals surface area contributed by atoms with Gasteiger partial charge in [-0.3, -0.25) is 9.52 Å². The molecule has 1 saturated carbocycles. The Kier molecular flexibility index (Phi) is 6.86. The number of hydrogen-bond acceptors (Lipinski definition) is 4. The number of amides is 1. The van der Waals surface area contributed by atoms with Gasteiger partial charge in [0.05, 0.1) is 4.90 Å². The van der Waals surface area contributed by atoms with E-state index in [0.717, 1.165) is 52.5 Å². The van der Waals surface area contributed by atoms with Crippen molar-refractivity contribution in [2.45, 2.75) is 62.8 Å². The third kappa shape index (κ3) is 5.43. The molecule has 5 rings (SSSR count). The van der Waals surface area contributed by atoms with E-state index in [1.54, 1.807) is 18.2 Å². The molecule has 0 atom stereocenters. The van der Waals surface area contributed by atoms with Gasteiger partial charge in [0.1, 0.15) is 4.88 Å². The van der Waals surface area contributed by atoms with Gasteiger partial charge in [0, 0.05) is 27.4 Å². The molecule has 5 nitrogen and oxygen atoms in total. The van der Waals surface area contributed by atoms with Crippen LogP contribution in [0.5, 0.6) is 0 Å². The quantitative estimate of drug-likeness (QED) is 0.273. The minimum atomic E-state index is -3.77. The van der Waals surface area contributed by atoms with E-state index in [1.165, 1.54) is 11.3 Å². The normalized spacial score (nSPS) is 14.7. The molecule has 0 radical (unpaired) electrons. The van der Waals surface area contributed by atoms with Crippen LogP contribution in [0, 0.1) is 0 Å². The van der Waals surface area contributed by atoms with Crippen LogP contribution in [0.25, 0.3) is 21.2 Å². The van der Waals surface area contributed by atoms with Gasteiger partial charge in [0.15, 0.2) is 0 Å². The van der Waals surface area contributed by atoms with Crippen LogP contribution < -0.4 is 10.0 Å². The minimum Gasteiger partial charge on any atom is -0.349 e. The maximum Gasteiger partial charge on any atom is 0.262 e. The van der Waals surface area contributed by atoms with Crippen molar-refractivity contribution in [2.24, 2.45) is 0 Å². The highest BCUT2D eigenvalue weighted by atomic mass is 32.2. The molecule has 2 N–H and O–H groups in total. The summed E-state index contributed by atoms with van der Waals surface area (Å²) in [6.07, 6.45) is 4.32. The Labute approximate surface area is 223 Å². The lowest BCUT2D eigenvalue weighted by Gasteiger charge is -2.19. The number of sulfonamides is 1. The highest BCUT2D eigenvalue weighted by molar-refractivity contribution is 7.92. The molecule has 1 aliphatic carbocycles. The number of carbonyl (C=O) groups excluding carboxylic acids is 1. The second kappa shape index (κ2) is 9.95. The van der Waals surface area contributed by atoms with Crippen molar-refractivity contribution in [1.29, 1.82) is 0 Å². The SMILES string of the molecule is CC(C)(C)c1ccc(S(=O)(=O)Nc2ccc3sc(C(=O)NC4CCCC4)c(-c4ccccc4)c3c2)cc1. The highest BCUT2D eigenvalue weighted by Gasteiger charge is 2.24. The molecule has 1 heterocycles. The van der Waals surface area contributed by atoms with Crippen molar-refractivity contribution >= 4 is 43.0 Å². The predicted octanol–water partition coefficient (Wildman–Crippen LogP) is 7.34. The van der Waals surface area contributed by atoms with Crippen molar-refractivity contribution in [3.05, 3.63) is 83.2 Å².